The lowest BCUT2D eigenvalue weighted by molar-refractivity contribution is 0.0693. The van der Waals surface area contributed by atoms with E-state index in [2.05, 4.69) is 31.9 Å². The highest BCUT2D eigenvalue weighted by atomic mass is 35.5. The van der Waals surface area contributed by atoms with Crippen molar-refractivity contribution in [1.29, 1.82) is 0 Å². The molecule has 3 N–H and O–H groups in total. The Kier molecular flexibility index (Phi) is 9.78. The molecule has 0 unspecified atom stereocenters. The number of urea groups is 1. The van der Waals surface area contributed by atoms with Crippen LogP contribution in [0.15, 0.2) is 12.1 Å². The maximum atomic E-state index is 12.3. The fourth-order valence-corrected chi connectivity index (χ4v) is 4.65. The molecule has 34 heavy (non-hydrogen) atoms. The van der Waals surface area contributed by atoms with Gasteiger partial charge in [0.05, 0.1) is 0 Å². The smallest absolute Gasteiger partial charge is 0.344 e. The number of anilines is 1. The summed E-state index contributed by atoms with van der Waals surface area (Å²) in [5, 5.41) is 16.0. The molecule has 0 aliphatic carbocycles. The highest BCUT2D eigenvalue weighted by Gasteiger charge is 2.24. The van der Waals surface area contributed by atoms with Gasteiger partial charge in [0.15, 0.2) is 5.56 Å². The molecule has 1 aromatic carbocycles. The molecule has 186 valence electrons. The summed E-state index contributed by atoms with van der Waals surface area (Å²) in [7, 11) is 2.13. The third-order valence-electron chi connectivity index (χ3n) is 5.58. The van der Waals surface area contributed by atoms with Gasteiger partial charge in [-0.1, -0.05) is 23.2 Å². The number of benzene rings is 1. The SMILES string of the molecule is Cc1cc(Cl)c(COc2nsc(NC(=O)NCCCCN3CCN(C)CC3)c2C(=O)O)cc1Cl. The van der Waals surface area contributed by atoms with Gasteiger partial charge in [0, 0.05) is 48.3 Å². The van der Waals surface area contributed by atoms with Gasteiger partial charge >= 0.3 is 12.0 Å². The number of halogens is 2. The van der Waals surface area contributed by atoms with Gasteiger partial charge in [0.1, 0.15) is 11.6 Å². The van der Waals surface area contributed by atoms with Crippen LogP contribution in [-0.4, -0.2) is 77.6 Å². The topological polar surface area (TPSA) is 107 Å². The van der Waals surface area contributed by atoms with E-state index in [1.165, 1.54) is 0 Å². The lowest BCUT2D eigenvalue weighted by Gasteiger charge is -2.32. The predicted octanol–water partition coefficient (Wildman–Crippen LogP) is 4.18. The van der Waals surface area contributed by atoms with Crippen LogP contribution >= 0.6 is 34.7 Å². The van der Waals surface area contributed by atoms with E-state index in [0.29, 0.717) is 22.2 Å². The average molecular weight is 530 g/mol. The highest BCUT2D eigenvalue weighted by molar-refractivity contribution is 7.11. The molecule has 0 spiro atoms. The number of unbranched alkanes of at least 4 members (excludes halogenated alkanes) is 1. The summed E-state index contributed by atoms with van der Waals surface area (Å²) in [6.45, 7) is 7.63. The number of carboxylic acids is 1. The number of piperazine rings is 1. The average Bonchev–Trinajstić information content (AvgIpc) is 3.19. The number of hydrogen-bond acceptors (Lipinski definition) is 7. The Bertz CT molecular complexity index is 1010. The summed E-state index contributed by atoms with van der Waals surface area (Å²) >= 11 is 13.2. The lowest BCUT2D eigenvalue weighted by atomic mass is 10.1. The first kappa shape index (κ1) is 26.5. The van der Waals surface area contributed by atoms with Crippen LogP contribution in [0, 0.1) is 6.92 Å². The van der Waals surface area contributed by atoms with Crippen LogP contribution in [0.2, 0.25) is 10.0 Å². The zero-order valence-electron chi connectivity index (χ0n) is 19.2. The first-order valence-electron chi connectivity index (χ1n) is 11.0. The Morgan fingerprint density at radius 2 is 1.91 bits per heavy atom. The van der Waals surface area contributed by atoms with E-state index < -0.39 is 12.0 Å². The fraction of sp³-hybridized carbons (Fsp3) is 0.500. The van der Waals surface area contributed by atoms with E-state index in [1.807, 2.05) is 6.92 Å². The number of aryl methyl sites for hydroxylation is 1. The fourth-order valence-electron chi connectivity index (χ4n) is 3.47. The Morgan fingerprint density at radius 1 is 1.18 bits per heavy atom. The van der Waals surface area contributed by atoms with Crippen LogP contribution in [0.3, 0.4) is 0 Å². The second-order valence-corrected chi connectivity index (χ2v) is 9.80. The van der Waals surface area contributed by atoms with E-state index in [0.717, 1.165) is 62.7 Å². The van der Waals surface area contributed by atoms with E-state index in [-0.39, 0.29) is 23.1 Å². The van der Waals surface area contributed by atoms with Crippen LogP contribution < -0.4 is 15.4 Å². The number of ether oxygens (including phenoxy) is 1. The van der Waals surface area contributed by atoms with Gasteiger partial charge in [0.2, 0.25) is 5.88 Å². The summed E-state index contributed by atoms with van der Waals surface area (Å²) in [5.74, 6) is -1.34. The molecule has 0 bridgehead atoms. The molecule has 3 rings (SSSR count). The van der Waals surface area contributed by atoms with Crippen molar-refractivity contribution < 1.29 is 19.4 Å². The van der Waals surface area contributed by atoms with Crippen molar-refractivity contribution in [3.8, 4) is 5.88 Å². The Balaban J connectivity index is 1.47. The van der Waals surface area contributed by atoms with Gasteiger partial charge in [-0.15, -0.1) is 0 Å². The van der Waals surface area contributed by atoms with Crippen molar-refractivity contribution >= 4 is 51.7 Å². The molecule has 1 fully saturated rings. The van der Waals surface area contributed by atoms with E-state index in [4.69, 9.17) is 27.9 Å². The summed E-state index contributed by atoms with van der Waals surface area (Å²) in [5.41, 5.74) is 1.22. The van der Waals surface area contributed by atoms with Crippen molar-refractivity contribution in [3.05, 3.63) is 38.9 Å². The minimum Gasteiger partial charge on any atom is -0.477 e. The van der Waals surface area contributed by atoms with Crippen molar-refractivity contribution in [2.45, 2.75) is 26.4 Å². The van der Waals surface area contributed by atoms with E-state index >= 15 is 0 Å². The first-order chi connectivity index (χ1) is 16.2. The molecule has 1 saturated heterocycles. The standard InChI is InChI=1S/C22H29Cl2N5O4S/c1-14-11-17(24)15(12-16(14)23)13-33-19-18(21(30)31)20(34-27-19)26-22(32)25-5-3-4-6-29-9-7-28(2)8-10-29/h11-12H,3-10,13H2,1-2H3,(H,30,31)(H2,25,26,32). The molecule has 1 aliphatic rings. The summed E-state index contributed by atoms with van der Waals surface area (Å²) < 4.78 is 9.65. The predicted molar refractivity (Wildman–Crippen MR) is 135 cm³/mol. The number of carbonyl (C=O) groups excluding carboxylic acids is 1. The van der Waals surface area contributed by atoms with Crippen LogP contribution in [0.4, 0.5) is 9.80 Å². The van der Waals surface area contributed by atoms with Gasteiger partial charge < -0.3 is 25.0 Å². The molecule has 2 amide bonds. The molecule has 0 saturated carbocycles. The zero-order valence-corrected chi connectivity index (χ0v) is 21.5. The molecule has 9 nitrogen and oxygen atoms in total. The monoisotopic (exact) mass is 529 g/mol. The Morgan fingerprint density at radius 3 is 2.62 bits per heavy atom. The molecule has 0 atom stereocenters. The van der Waals surface area contributed by atoms with Crippen molar-refractivity contribution in [2.24, 2.45) is 0 Å². The number of hydrogen-bond donors (Lipinski definition) is 3. The first-order valence-corrected chi connectivity index (χ1v) is 12.5. The molecule has 1 aromatic heterocycles. The molecule has 1 aliphatic heterocycles. The number of carboxylic acid groups (broad SMARTS) is 1. The van der Waals surface area contributed by atoms with Crippen molar-refractivity contribution in [3.63, 3.8) is 0 Å². The Labute approximate surface area is 213 Å². The van der Waals surface area contributed by atoms with Gasteiger partial charge in [0.25, 0.3) is 0 Å². The number of likely N-dealkylation sites (N-methyl/N-ethyl adjacent to an activating group) is 1. The second kappa shape index (κ2) is 12.6. The third-order valence-corrected chi connectivity index (χ3v) is 7.08. The molecule has 2 aromatic rings. The van der Waals surface area contributed by atoms with E-state index in [1.54, 1.807) is 12.1 Å². The van der Waals surface area contributed by atoms with Gasteiger partial charge in [-0.3, -0.25) is 5.32 Å². The lowest BCUT2D eigenvalue weighted by Crippen LogP contribution is -2.44. The molecule has 0 radical (unpaired) electrons. The summed E-state index contributed by atoms with van der Waals surface area (Å²) in [4.78, 5) is 28.8. The molecule has 12 heteroatoms. The van der Waals surface area contributed by atoms with E-state index in [9.17, 15) is 14.7 Å². The number of nitrogens with zero attached hydrogens (tertiary/aromatic N) is 3. The molecular weight excluding hydrogens is 501 g/mol. The third kappa shape index (κ3) is 7.44. The van der Waals surface area contributed by atoms with Crippen molar-refractivity contribution in [2.75, 3.05) is 51.6 Å². The van der Waals surface area contributed by atoms with Gasteiger partial charge in [-0.25, -0.2) is 9.59 Å². The zero-order chi connectivity index (χ0) is 24.7. The largest absolute Gasteiger partial charge is 0.477 e. The quantitative estimate of drug-likeness (QED) is 0.396. The van der Waals surface area contributed by atoms with Crippen LogP contribution in [0.25, 0.3) is 0 Å². The molecule has 2 heterocycles. The molecular formula is C22H29Cl2N5O4S. The summed E-state index contributed by atoms with van der Waals surface area (Å²) in [6, 6.07) is 2.90. The van der Waals surface area contributed by atoms with Crippen molar-refractivity contribution in [1.82, 2.24) is 19.5 Å². The number of aromatic carboxylic acids is 1. The minimum absolute atomic E-state index is 0.0121. The maximum Gasteiger partial charge on any atom is 0.344 e. The van der Waals surface area contributed by atoms with Crippen LogP contribution in [-0.2, 0) is 6.61 Å². The second-order valence-electron chi connectivity index (χ2n) is 8.21. The highest BCUT2D eigenvalue weighted by Crippen LogP contribution is 2.32. The number of amides is 2. The van der Waals surface area contributed by atoms with Crippen LogP contribution in [0.5, 0.6) is 5.88 Å². The number of aromatic nitrogens is 1. The summed E-state index contributed by atoms with van der Waals surface area (Å²) in [6.07, 6.45) is 1.82. The van der Waals surface area contributed by atoms with Gasteiger partial charge in [-0.05, 0) is 62.6 Å². The van der Waals surface area contributed by atoms with Crippen LogP contribution in [0.1, 0.15) is 34.3 Å². The Hall–Kier alpha value is -2.11. The number of rotatable bonds is 10. The minimum atomic E-state index is -1.25. The number of nitrogens with one attached hydrogen (secondary N) is 2. The maximum absolute atomic E-state index is 12.3. The van der Waals surface area contributed by atoms with Gasteiger partial charge in [-0.2, -0.15) is 4.37 Å². The normalized spacial score (nSPS) is 14.7. The number of carbonyl (C=O) groups is 2.